The van der Waals surface area contributed by atoms with E-state index in [4.69, 9.17) is 19.9 Å². The van der Waals surface area contributed by atoms with Gasteiger partial charge in [-0.15, -0.1) is 0 Å². The van der Waals surface area contributed by atoms with Gasteiger partial charge < -0.3 is 0 Å². The largest absolute Gasteiger partial charge is 0.248 e. The number of hydrogen-bond acceptors (Lipinski definition) is 4. The number of rotatable bonds is 6. The average Bonchev–Trinajstić information content (AvgIpc) is 3.15. The highest BCUT2D eigenvalue weighted by Gasteiger charge is 2.15. The fourth-order valence-electron chi connectivity index (χ4n) is 5.74. The van der Waals surface area contributed by atoms with Crippen molar-refractivity contribution in [1.82, 2.24) is 19.9 Å². The predicted octanol–water partition coefficient (Wildman–Crippen LogP) is 10.4. The Morgan fingerprint density at radius 1 is 0.239 bits per heavy atom. The Kier molecular flexibility index (Phi) is 7.14. The zero-order chi connectivity index (χ0) is 30.7. The molecule has 0 saturated carbocycles. The molecule has 0 aliphatic rings. The van der Waals surface area contributed by atoms with Gasteiger partial charge in [0.1, 0.15) is 0 Å². The first-order valence-electron chi connectivity index (χ1n) is 15.3. The van der Waals surface area contributed by atoms with E-state index < -0.39 is 0 Å². The van der Waals surface area contributed by atoms with Crippen LogP contribution in [0.3, 0.4) is 0 Å². The molecule has 0 unspecified atom stereocenters. The van der Waals surface area contributed by atoms with Crippen LogP contribution in [-0.2, 0) is 0 Å². The Balaban J connectivity index is 1.30. The molecule has 0 aliphatic carbocycles. The van der Waals surface area contributed by atoms with Crippen LogP contribution >= 0.6 is 0 Å². The highest BCUT2D eigenvalue weighted by molar-refractivity contribution is 5.87. The van der Waals surface area contributed by atoms with Gasteiger partial charge in [-0.1, -0.05) is 133 Å². The summed E-state index contributed by atoms with van der Waals surface area (Å²) >= 11 is 0. The van der Waals surface area contributed by atoms with Crippen molar-refractivity contribution in [3.63, 3.8) is 0 Å². The molecule has 8 rings (SSSR count). The van der Waals surface area contributed by atoms with Crippen LogP contribution < -0.4 is 0 Å². The lowest BCUT2D eigenvalue weighted by Crippen LogP contribution is -2.00. The van der Waals surface area contributed by atoms with E-state index in [1.165, 1.54) is 10.8 Å². The molecule has 0 aliphatic heterocycles. The van der Waals surface area contributed by atoms with Crippen molar-refractivity contribution in [2.24, 2.45) is 0 Å². The molecule has 2 heterocycles. The minimum Gasteiger partial charge on any atom is -0.248 e. The summed E-state index contributed by atoms with van der Waals surface area (Å²) in [6.45, 7) is 0. The maximum Gasteiger partial charge on any atom is 0.164 e. The Morgan fingerprint density at radius 2 is 0.717 bits per heavy atom. The molecule has 4 nitrogen and oxygen atoms in total. The Bertz CT molecular complexity index is 2240. The molecular formula is C42H28N4. The third kappa shape index (κ3) is 5.56. The molecule has 0 amide bonds. The van der Waals surface area contributed by atoms with Crippen molar-refractivity contribution in [3.8, 4) is 67.8 Å². The number of fused-ring (bicyclic) bond motifs is 1. The summed E-state index contributed by atoms with van der Waals surface area (Å²) in [6.07, 6.45) is 0. The highest BCUT2D eigenvalue weighted by Crippen LogP contribution is 2.34. The van der Waals surface area contributed by atoms with Crippen molar-refractivity contribution in [2.75, 3.05) is 0 Å². The number of nitrogens with zero attached hydrogens (tertiary/aromatic N) is 4. The lowest BCUT2D eigenvalue weighted by Gasteiger charge is -2.13. The van der Waals surface area contributed by atoms with Crippen LogP contribution in [0.15, 0.2) is 170 Å². The Labute approximate surface area is 267 Å². The van der Waals surface area contributed by atoms with Gasteiger partial charge in [0.15, 0.2) is 17.5 Å². The van der Waals surface area contributed by atoms with Crippen LogP contribution in [0.25, 0.3) is 78.6 Å². The molecule has 6 aromatic carbocycles. The predicted molar refractivity (Wildman–Crippen MR) is 188 cm³/mol. The zero-order valence-corrected chi connectivity index (χ0v) is 25.0. The normalized spacial score (nSPS) is 11.0. The summed E-state index contributed by atoms with van der Waals surface area (Å²) in [5.41, 5.74) is 8.81. The summed E-state index contributed by atoms with van der Waals surface area (Å²) in [5.74, 6) is 1.87. The van der Waals surface area contributed by atoms with E-state index >= 15 is 0 Å². The van der Waals surface area contributed by atoms with Gasteiger partial charge in [0, 0.05) is 27.8 Å². The Morgan fingerprint density at radius 3 is 1.35 bits per heavy atom. The van der Waals surface area contributed by atoms with Crippen LogP contribution in [0.1, 0.15) is 0 Å². The quantitative estimate of drug-likeness (QED) is 0.194. The second-order valence-corrected chi connectivity index (χ2v) is 11.2. The van der Waals surface area contributed by atoms with Gasteiger partial charge in [0.2, 0.25) is 0 Å². The third-order valence-electron chi connectivity index (χ3n) is 8.09. The molecule has 46 heavy (non-hydrogen) atoms. The fourth-order valence-corrected chi connectivity index (χ4v) is 5.74. The van der Waals surface area contributed by atoms with Crippen molar-refractivity contribution in [1.29, 1.82) is 0 Å². The molecule has 4 heteroatoms. The summed E-state index contributed by atoms with van der Waals surface area (Å²) < 4.78 is 0. The molecule has 2 aromatic heterocycles. The minimum absolute atomic E-state index is 0.609. The summed E-state index contributed by atoms with van der Waals surface area (Å²) in [6, 6.07) is 58.1. The number of benzene rings is 6. The van der Waals surface area contributed by atoms with E-state index in [0.29, 0.717) is 17.5 Å². The van der Waals surface area contributed by atoms with E-state index in [1.54, 1.807) is 0 Å². The molecule has 216 valence electrons. The fraction of sp³-hybridized carbons (Fsp3) is 0. The molecule has 0 atom stereocenters. The summed E-state index contributed by atoms with van der Waals surface area (Å²) in [4.78, 5) is 20.1. The van der Waals surface area contributed by atoms with Crippen LogP contribution in [0, 0.1) is 0 Å². The summed E-state index contributed by atoms with van der Waals surface area (Å²) in [7, 11) is 0. The van der Waals surface area contributed by atoms with Gasteiger partial charge in [0.25, 0.3) is 0 Å². The monoisotopic (exact) mass is 588 g/mol. The number of aromatic nitrogens is 4. The van der Waals surface area contributed by atoms with Crippen molar-refractivity contribution in [2.45, 2.75) is 0 Å². The average molecular weight is 589 g/mol. The smallest absolute Gasteiger partial charge is 0.164 e. The van der Waals surface area contributed by atoms with Crippen LogP contribution in [0.4, 0.5) is 0 Å². The maximum absolute atomic E-state index is 5.17. The van der Waals surface area contributed by atoms with Gasteiger partial charge in [-0.2, -0.15) is 0 Å². The molecule has 0 bridgehead atoms. The third-order valence-corrected chi connectivity index (χ3v) is 8.09. The first kappa shape index (κ1) is 27.3. The van der Waals surface area contributed by atoms with Crippen molar-refractivity contribution >= 4 is 10.8 Å². The van der Waals surface area contributed by atoms with Gasteiger partial charge in [-0.3, -0.25) is 0 Å². The van der Waals surface area contributed by atoms with Gasteiger partial charge in [-0.05, 0) is 58.3 Å². The van der Waals surface area contributed by atoms with E-state index in [9.17, 15) is 0 Å². The lowest BCUT2D eigenvalue weighted by molar-refractivity contribution is 1.07. The first-order chi connectivity index (χ1) is 22.8. The molecular weight excluding hydrogens is 560 g/mol. The van der Waals surface area contributed by atoms with Crippen LogP contribution in [0.2, 0.25) is 0 Å². The second-order valence-electron chi connectivity index (χ2n) is 11.2. The van der Waals surface area contributed by atoms with E-state index in [1.807, 2.05) is 66.7 Å². The zero-order valence-electron chi connectivity index (χ0n) is 25.0. The van der Waals surface area contributed by atoms with Crippen LogP contribution in [0.5, 0.6) is 0 Å². The van der Waals surface area contributed by atoms with Gasteiger partial charge in [0.05, 0.1) is 11.4 Å². The minimum atomic E-state index is 0.609. The first-order valence-corrected chi connectivity index (χ1v) is 15.3. The standard InChI is InChI=1S/C42H28N4/c1-4-13-29(14-5-1)35-26-36(39-22-12-21-38(43-39)34-24-23-30-15-10-11-20-33(30)25-34)28-37(27-35)42-45-40(31-16-6-2-7-17-31)44-41(46-42)32-18-8-3-9-19-32/h1-28H. The number of pyridine rings is 1. The molecule has 8 aromatic rings. The molecule has 0 fully saturated rings. The van der Waals surface area contributed by atoms with Gasteiger partial charge >= 0.3 is 0 Å². The molecule has 0 spiro atoms. The highest BCUT2D eigenvalue weighted by atomic mass is 15.0. The van der Waals surface area contributed by atoms with Crippen molar-refractivity contribution < 1.29 is 0 Å². The lowest BCUT2D eigenvalue weighted by atomic mass is 9.97. The molecule has 0 radical (unpaired) electrons. The van der Waals surface area contributed by atoms with Gasteiger partial charge in [-0.25, -0.2) is 19.9 Å². The topological polar surface area (TPSA) is 51.6 Å². The molecule has 0 N–H and O–H groups in total. The maximum atomic E-state index is 5.17. The number of hydrogen-bond donors (Lipinski definition) is 0. The SMILES string of the molecule is c1ccc(-c2cc(-c3cccc(-c4ccc5ccccc5c4)n3)cc(-c3nc(-c4ccccc4)nc(-c4ccccc4)n3)c2)cc1. The van der Waals surface area contributed by atoms with Crippen molar-refractivity contribution in [3.05, 3.63) is 170 Å². The second kappa shape index (κ2) is 12.0. The van der Waals surface area contributed by atoms with E-state index in [-0.39, 0.29) is 0 Å². The van der Waals surface area contributed by atoms with Crippen LogP contribution in [-0.4, -0.2) is 19.9 Å². The van der Waals surface area contributed by atoms with E-state index in [0.717, 1.165) is 50.3 Å². The Hall–Kier alpha value is -6.26. The summed E-state index contributed by atoms with van der Waals surface area (Å²) in [5, 5.41) is 2.41. The van der Waals surface area contributed by atoms with E-state index in [2.05, 4.69) is 103 Å². The molecule has 0 saturated heterocycles.